The maximum absolute atomic E-state index is 13.1. The Kier molecular flexibility index (Phi) is 7.32. The number of hydrogen-bond acceptors (Lipinski definition) is 4. The van der Waals surface area contributed by atoms with Crippen LogP contribution in [0.5, 0.6) is 0 Å². The number of urea groups is 2. The van der Waals surface area contributed by atoms with Crippen molar-refractivity contribution in [2.75, 3.05) is 31.5 Å². The molecule has 2 aliphatic heterocycles. The molecule has 4 N–H and O–H groups in total. The maximum Gasteiger partial charge on any atom is 0.321 e. The Morgan fingerprint density at radius 1 is 1.10 bits per heavy atom. The van der Waals surface area contributed by atoms with Crippen molar-refractivity contribution in [2.24, 2.45) is 0 Å². The van der Waals surface area contributed by atoms with Gasteiger partial charge in [0.05, 0.1) is 6.54 Å². The zero-order chi connectivity index (χ0) is 22.4. The molecular weight excluding hydrogens is 400 g/mol. The van der Waals surface area contributed by atoms with E-state index in [1.165, 1.54) is 9.80 Å². The molecule has 10 heteroatoms. The normalized spacial score (nSPS) is 21.3. The van der Waals surface area contributed by atoms with Crippen LogP contribution >= 0.6 is 0 Å². The van der Waals surface area contributed by atoms with Crippen LogP contribution in [0.2, 0.25) is 0 Å². The van der Waals surface area contributed by atoms with E-state index < -0.39 is 18.0 Å². The van der Waals surface area contributed by atoms with Crippen molar-refractivity contribution in [1.82, 2.24) is 25.8 Å². The maximum atomic E-state index is 13.1. The third kappa shape index (κ3) is 5.87. The minimum absolute atomic E-state index is 0.0321. The molecule has 2 atom stereocenters. The second-order valence-corrected chi connectivity index (χ2v) is 8.05. The van der Waals surface area contributed by atoms with Gasteiger partial charge in [0.15, 0.2) is 0 Å². The molecule has 2 aliphatic rings. The van der Waals surface area contributed by atoms with Gasteiger partial charge in [0.25, 0.3) is 0 Å². The Labute approximate surface area is 181 Å². The lowest BCUT2D eigenvalue weighted by atomic mass is 10.1. The fourth-order valence-corrected chi connectivity index (χ4v) is 3.67. The molecule has 0 bridgehead atoms. The third-order valence-electron chi connectivity index (χ3n) is 5.27. The molecule has 0 radical (unpaired) electrons. The van der Waals surface area contributed by atoms with Crippen molar-refractivity contribution >= 4 is 29.6 Å². The lowest BCUT2D eigenvalue weighted by Gasteiger charge is -2.41. The second kappa shape index (κ2) is 10.1. The van der Waals surface area contributed by atoms with Gasteiger partial charge >= 0.3 is 12.1 Å². The van der Waals surface area contributed by atoms with E-state index >= 15 is 0 Å². The Morgan fingerprint density at radius 3 is 2.52 bits per heavy atom. The fourth-order valence-electron chi connectivity index (χ4n) is 3.67. The first-order chi connectivity index (χ1) is 14.8. The molecule has 3 rings (SSSR count). The number of hydrogen-bond donors (Lipinski definition) is 4. The molecule has 2 heterocycles. The Bertz CT molecular complexity index is 815. The largest absolute Gasteiger partial charge is 0.354 e. The number of piperidine rings is 1. The molecule has 2 fully saturated rings. The summed E-state index contributed by atoms with van der Waals surface area (Å²) in [7, 11) is 0. The van der Waals surface area contributed by atoms with E-state index in [1.807, 2.05) is 32.0 Å². The topological polar surface area (TPSA) is 123 Å². The van der Waals surface area contributed by atoms with E-state index in [2.05, 4.69) is 21.3 Å². The minimum Gasteiger partial charge on any atom is -0.354 e. The molecular formula is C21H30N6O4. The summed E-state index contributed by atoms with van der Waals surface area (Å²) in [5, 5.41) is 11.1. The summed E-state index contributed by atoms with van der Waals surface area (Å²) in [4.78, 5) is 53.5. The van der Waals surface area contributed by atoms with Crippen LogP contribution in [0.15, 0.2) is 30.3 Å². The van der Waals surface area contributed by atoms with Crippen molar-refractivity contribution in [3.63, 3.8) is 0 Å². The van der Waals surface area contributed by atoms with Crippen LogP contribution in [0.3, 0.4) is 0 Å². The number of nitrogens with one attached hydrogen (secondary N) is 4. The highest BCUT2D eigenvalue weighted by Gasteiger charge is 2.38. The van der Waals surface area contributed by atoms with Gasteiger partial charge in [-0.15, -0.1) is 0 Å². The van der Waals surface area contributed by atoms with Crippen molar-refractivity contribution in [3.05, 3.63) is 30.3 Å². The van der Waals surface area contributed by atoms with Crippen LogP contribution in [-0.4, -0.2) is 78.0 Å². The molecule has 2 unspecified atom stereocenters. The van der Waals surface area contributed by atoms with Crippen LogP contribution in [0.1, 0.15) is 26.7 Å². The molecule has 0 aliphatic carbocycles. The summed E-state index contributed by atoms with van der Waals surface area (Å²) in [6, 6.07) is 6.68. The predicted octanol–water partition coefficient (Wildman–Crippen LogP) is 0.718. The van der Waals surface area contributed by atoms with Gasteiger partial charge < -0.3 is 31.1 Å². The number of anilines is 1. The molecule has 168 valence electrons. The van der Waals surface area contributed by atoms with Crippen LogP contribution in [-0.2, 0) is 9.59 Å². The lowest BCUT2D eigenvalue weighted by Crippen LogP contribution is -2.65. The van der Waals surface area contributed by atoms with E-state index in [-0.39, 0.29) is 43.6 Å². The molecule has 2 saturated heterocycles. The van der Waals surface area contributed by atoms with Gasteiger partial charge in [-0.25, -0.2) is 9.59 Å². The first kappa shape index (κ1) is 22.4. The molecule has 6 amide bonds. The van der Waals surface area contributed by atoms with E-state index in [1.54, 1.807) is 12.1 Å². The molecule has 31 heavy (non-hydrogen) atoms. The third-order valence-corrected chi connectivity index (χ3v) is 5.27. The SMILES string of the molecule is CC(C)NC(=O)N1CCN(C(=O)Nc2ccccc2)CC1C(=O)NC1CCCNC1=O. The molecule has 0 saturated carbocycles. The van der Waals surface area contributed by atoms with Crippen LogP contribution in [0.4, 0.5) is 15.3 Å². The lowest BCUT2D eigenvalue weighted by molar-refractivity contribution is -0.133. The zero-order valence-corrected chi connectivity index (χ0v) is 17.9. The summed E-state index contributed by atoms with van der Waals surface area (Å²) < 4.78 is 0. The number of nitrogens with zero attached hydrogens (tertiary/aromatic N) is 2. The van der Waals surface area contributed by atoms with Gasteiger partial charge in [0.1, 0.15) is 12.1 Å². The van der Waals surface area contributed by atoms with Crippen molar-refractivity contribution < 1.29 is 19.2 Å². The number of benzene rings is 1. The van der Waals surface area contributed by atoms with Crippen molar-refractivity contribution in [3.8, 4) is 0 Å². The van der Waals surface area contributed by atoms with Crippen LogP contribution in [0.25, 0.3) is 0 Å². The second-order valence-electron chi connectivity index (χ2n) is 8.05. The van der Waals surface area contributed by atoms with Gasteiger partial charge in [-0.2, -0.15) is 0 Å². The number of rotatable bonds is 4. The molecule has 0 aromatic heterocycles. The number of carbonyl (C=O) groups excluding carboxylic acids is 4. The number of amides is 6. The summed E-state index contributed by atoms with van der Waals surface area (Å²) in [5.74, 6) is -0.676. The summed E-state index contributed by atoms with van der Waals surface area (Å²) in [5.41, 5.74) is 0.646. The van der Waals surface area contributed by atoms with Crippen molar-refractivity contribution in [2.45, 2.75) is 44.8 Å². The Hall–Kier alpha value is -3.30. The summed E-state index contributed by atoms with van der Waals surface area (Å²) in [6.45, 7) is 4.79. The average Bonchev–Trinajstić information content (AvgIpc) is 2.75. The number of para-hydroxylation sites is 1. The van der Waals surface area contributed by atoms with Gasteiger partial charge in [-0.3, -0.25) is 9.59 Å². The molecule has 1 aromatic rings. The highest BCUT2D eigenvalue weighted by atomic mass is 16.2. The van der Waals surface area contributed by atoms with Crippen molar-refractivity contribution in [1.29, 1.82) is 0 Å². The standard InChI is InChI=1S/C21H30N6O4/c1-14(2)23-21(31)27-12-11-26(20(30)24-15-7-4-3-5-8-15)13-17(27)19(29)25-16-9-6-10-22-18(16)28/h3-5,7-8,14,16-17H,6,9-13H2,1-2H3,(H,22,28)(H,23,31)(H,24,30)(H,25,29). The predicted molar refractivity (Wildman–Crippen MR) is 115 cm³/mol. The van der Waals surface area contributed by atoms with Crippen LogP contribution < -0.4 is 21.3 Å². The number of carbonyl (C=O) groups is 4. The van der Waals surface area contributed by atoms with E-state index in [9.17, 15) is 19.2 Å². The van der Waals surface area contributed by atoms with Crippen LogP contribution in [0, 0.1) is 0 Å². The number of piperazine rings is 1. The minimum atomic E-state index is -0.899. The zero-order valence-electron chi connectivity index (χ0n) is 17.9. The Morgan fingerprint density at radius 2 is 1.84 bits per heavy atom. The Balaban J connectivity index is 1.71. The summed E-state index contributed by atoms with van der Waals surface area (Å²) in [6.07, 6.45) is 1.31. The first-order valence-corrected chi connectivity index (χ1v) is 10.6. The molecule has 0 spiro atoms. The first-order valence-electron chi connectivity index (χ1n) is 10.6. The smallest absolute Gasteiger partial charge is 0.321 e. The van der Waals surface area contributed by atoms with E-state index in [0.29, 0.717) is 18.7 Å². The van der Waals surface area contributed by atoms with E-state index in [4.69, 9.17) is 0 Å². The van der Waals surface area contributed by atoms with E-state index in [0.717, 1.165) is 6.42 Å². The average molecular weight is 431 g/mol. The monoisotopic (exact) mass is 430 g/mol. The van der Waals surface area contributed by atoms with Gasteiger partial charge in [0.2, 0.25) is 11.8 Å². The molecule has 10 nitrogen and oxygen atoms in total. The fraction of sp³-hybridized carbons (Fsp3) is 0.524. The quantitative estimate of drug-likeness (QED) is 0.562. The van der Waals surface area contributed by atoms with Gasteiger partial charge in [-0.05, 0) is 38.8 Å². The molecule has 1 aromatic carbocycles. The highest BCUT2D eigenvalue weighted by molar-refractivity contribution is 5.94. The van der Waals surface area contributed by atoms with Gasteiger partial charge in [0, 0.05) is 31.4 Å². The highest BCUT2D eigenvalue weighted by Crippen LogP contribution is 2.15. The van der Waals surface area contributed by atoms with Gasteiger partial charge in [-0.1, -0.05) is 18.2 Å². The summed E-state index contributed by atoms with van der Waals surface area (Å²) >= 11 is 0.